The number of amides is 2. The Bertz CT molecular complexity index is 1190. The normalized spacial score (nSPS) is 13.8. The van der Waals surface area contributed by atoms with Crippen LogP contribution in [-0.2, 0) is 14.3 Å². The Hall–Kier alpha value is -3.87. The summed E-state index contributed by atoms with van der Waals surface area (Å²) in [6, 6.07) is 18.3. The first-order chi connectivity index (χ1) is 15.9. The molecule has 1 saturated carbocycles. The van der Waals surface area contributed by atoms with Gasteiger partial charge >= 0.3 is 5.97 Å². The van der Waals surface area contributed by atoms with Crippen molar-refractivity contribution in [1.82, 2.24) is 5.32 Å². The number of carbonyl (C=O) groups excluding carboxylic acids is 3. The summed E-state index contributed by atoms with van der Waals surface area (Å²) in [4.78, 5) is 37.0. The minimum absolute atomic E-state index is 0.141. The van der Waals surface area contributed by atoms with Gasteiger partial charge in [-0.3, -0.25) is 9.59 Å². The quantitative estimate of drug-likeness (QED) is 0.505. The van der Waals surface area contributed by atoms with Crippen LogP contribution in [0.2, 0.25) is 0 Å². The summed E-state index contributed by atoms with van der Waals surface area (Å²) in [6.07, 6.45) is 2.07. The molecule has 1 aliphatic rings. The number of benzene rings is 3. The van der Waals surface area contributed by atoms with Gasteiger partial charge in [0.05, 0.1) is 24.4 Å². The Morgan fingerprint density at radius 3 is 2.27 bits per heavy atom. The molecule has 0 saturated heterocycles. The molecule has 0 spiro atoms. The summed E-state index contributed by atoms with van der Waals surface area (Å²) in [5, 5.41) is 7.37. The first-order valence-corrected chi connectivity index (χ1v) is 10.9. The largest absolute Gasteiger partial charge is 0.497 e. The van der Waals surface area contributed by atoms with E-state index in [1.54, 1.807) is 19.2 Å². The van der Waals surface area contributed by atoms with Gasteiger partial charge in [-0.25, -0.2) is 4.79 Å². The van der Waals surface area contributed by atoms with Crippen molar-refractivity contribution in [2.24, 2.45) is 5.92 Å². The third-order valence-corrected chi connectivity index (χ3v) is 5.64. The summed E-state index contributed by atoms with van der Waals surface area (Å²) in [6.45, 7) is 0.958. The van der Waals surface area contributed by atoms with E-state index in [9.17, 15) is 14.4 Å². The lowest BCUT2D eigenvalue weighted by Crippen LogP contribution is -2.33. The van der Waals surface area contributed by atoms with Crippen molar-refractivity contribution in [3.8, 4) is 5.75 Å². The zero-order chi connectivity index (χ0) is 23.4. The fraction of sp³-hybridized carbons (Fsp3) is 0.269. The summed E-state index contributed by atoms with van der Waals surface area (Å²) in [7, 11) is 1.61. The number of fused-ring (bicyclic) bond motifs is 1. The fourth-order valence-electron chi connectivity index (χ4n) is 3.84. The summed E-state index contributed by atoms with van der Waals surface area (Å²) >= 11 is 0. The van der Waals surface area contributed by atoms with Crippen LogP contribution in [0.5, 0.6) is 5.75 Å². The van der Waals surface area contributed by atoms with Gasteiger partial charge in [-0.1, -0.05) is 36.4 Å². The van der Waals surface area contributed by atoms with E-state index in [2.05, 4.69) is 10.6 Å². The van der Waals surface area contributed by atoms with Crippen molar-refractivity contribution in [2.45, 2.75) is 25.8 Å². The van der Waals surface area contributed by atoms with Crippen LogP contribution >= 0.6 is 0 Å². The minimum atomic E-state index is -0.674. The van der Waals surface area contributed by atoms with Crippen LogP contribution in [0, 0.1) is 5.92 Å². The summed E-state index contributed by atoms with van der Waals surface area (Å²) in [5.41, 5.74) is 1.53. The molecule has 0 aromatic heterocycles. The predicted molar refractivity (Wildman–Crippen MR) is 125 cm³/mol. The van der Waals surface area contributed by atoms with Crippen molar-refractivity contribution < 1.29 is 23.9 Å². The van der Waals surface area contributed by atoms with E-state index in [-0.39, 0.29) is 23.4 Å². The molecule has 1 atom stereocenters. The number of rotatable bonds is 8. The van der Waals surface area contributed by atoms with Crippen molar-refractivity contribution >= 4 is 34.2 Å². The second-order valence-electron chi connectivity index (χ2n) is 8.16. The molecule has 170 valence electrons. The van der Waals surface area contributed by atoms with Crippen LogP contribution in [0.25, 0.3) is 10.8 Å². The monoisotopic (exact) mass is 446 g/mol. The van der Waals surface area contributed by atoms with Gasteiger partial charge in [-0.2, -0.15) is 0 Å². The number of carbonyl (C=O) groups is 3. The van der Waals surface area contributed by atoms with E-state index >= 15 is 0 Å². The Balaban J connectivity index is 1.44. The molecule has 2 N–H and O–H groups in total. The minimum Gasteiger partial charge on any atom is -0.497 e. The smallest absolute Gasteiger partial charge is 0.340 e. The number of nitrogens with one attached hydrogen (secondary N) is 2. The molecule has 1 unspecified atom stereocenters. The molecular weight excluding hydrogens is 420 g/mol. The molecule has 2 amide bonds. The molecule has 3 aromatic carbocycles. The first kappa shape index (κ1) is 22.3. The highest BCUT2D eigenvalue weighted by molar-refractivity contribution is 6.05. The van der Waals surface area contributed by atoms with Gasteiger partial charge in [-0.05, 0) is 59.4 Å². The van der Waals surface area contributed by atoms with Crippen molar-refractivity contribution in [2.75, 3.05) is 19.0 Å². The maximum atomic E-state index is 12.8. The molecule has 0 radical (unpaired) electrons. The van der Waals surface area contributed by atoms with Crippen LogP contribution < -0.4 is 15.4 Å². The SMILES string of the molecule is COc1ccc(C(NC(=O)COC(=O)c2cc3ccccc3cc2NC(C)=O)C2CC2)cc1. The average molecular weight is 447 g/mol. The highest BCUT2D eigenvalue weighted by atomic mass is 16.5. The molecule has 1 fully saturated rings. The van der Waals surface area contributed by atoms with E-state index < -0.39 is 12.6 Å². The number of ether oxygens (including phenoxy) is 2. The van der Waals surface area contributed by atoms with Crippen LogP contribution in [0.1, 0.15) is 41.7 Å². The molecule has 1 aliphatic carbocycles. The Labute approximate surface area is 192 Å². The number of esters is 1. The maximum absolute atomic E-state index is 12.8. The van der Waals surface area contributed by atoms with Gasteiger partial charge in [-0.15, -0.1) is 0 Å². The Morgan fingerprint density at radius 1 is 1.00 bits per heavy atom. The molecule has 7 nitrogen and oxygen atoms in total. The summed E-state index contributed by atoms with van der Waals surface area (Å²) in [5.74, 6) is -0.238. The molecule has 7 heteroatoms. The summed E-state index contributed by atoms with van der Waals surface area (Å²) < 4.78 is 10.5. The first-order valence-electron chi connectivity index (χ1n) is 10.9. The van der Waals surface area contributed by atoms with Gasteiger partial charge < -0.3 is 20.1 Å². The van der Waals surface area contributed by atoms with Crippen molar-refractivity contribution in [3.05, 3.63) is 71.8 Å². The van der Waals surface area contributed by atoms with E-state index in [0.717, 1.165) is 34.9 Å². The molecule has 0 heterocycles. The highest BCUT2D eigenvalue weighted by Crippen LogP contribution is 2.41. The van der Waals surface area contributed by atoms with Gasteiger partial charge in [0, 0.05) is 6.92 Å². The third kappa shape index (κ3) is 5.49. The molecule has 4 rings (SSSR count). The van der Waals surface area contributed by atoms with Crippen LogP contribution in [-0.4, -0.2) is 31.5 Å². The molecule has 0 bridgehead atoms. The van der Waals surface area contributed by atoms with Crippen molar-refractivity contribution in [3.63, 3.8) is 0 Å². The van der Waals surface area contributed by atoms with Gasteiger partial charge in [0.1, 0.15) is 5.75 Å². The highest BCUT2D eigenvalue weighted by Gasteiger charge is 2.33. The second kappa shape index (κ2) is 9.73. The van der Waals surface area contributed by atoms with Gasteiger partial charge in [0.2, 0.25) is 5.91 Å². The fourth-order valence-corrected chi connectivity index (χ4v) is 3.84. The van der Waals surface area contributed by atoms with Crippen LogP contribution in [0.15, 0.2) is 60.7 Å². The third-order valence-electron chi connectivity index (χ3n) is 5.64. The number of hydrogen-bond donors (Lipinski definition) is 2. The Morgan fingerprint density at radius 2 is 1.67 bits per heavy atom. The number of hydrogen-bond acceptors (Lipinski definition) is 5. The van der Waals surface area contributed by atoms with E-state index in [0.29, 0.717) is 11.6 Å². The van der Waals surface area contributed by atoms with Gasteiger partial charge in [0.15, 0.2) is 6.61 Å². The Kier molecular flexibility index (Phi) is 6.58. The molecule has 3 aromatic rings. The zero-order valence-electron chi connectivity index (χ0n) is 18.6. The molecule has 0 aliphatic heterocycles. The maximum Gasteiger partial charge on any atom is 0.340 e. The zero-order valence-corrected chi connectivity index (χ0v) is 18.6. The van der Waals surface area contributed by atoms with Gasteiger partial charge in [0.25, 0.3) is 5.91 Å². The number of anilines is 1. The average Bonchev–Trinajstić information content (AvgIpc) is 3.65. The lowest BCUT2D eigenvalue weighted by Gasteiger charge is -2.19. The van der Waals surface area contributed by atoms with Crippen LogP contribution in [0.3, 0.4) is 0 Å². The molecular formula is C26H26N2O5. The predicted octanol–water partition coefficient (Wildman–Crippen LogP) is 4.23. The second-order valence-corrected chi connectivity index (χ2v) is 8.16. The van der Waals surface area contributed by atoms with Crippen molar-refractivity contribution in [1.29, 1.82) is 0 Å². The topological polar surface area (TPSA) is 93.7 Å². The lowest BCUT2D eigenvalue weighted by atomic mass is 10.0. The number of methoxy groups -OCH3 is 1. The van der Waals surface area contributed by atoms with E-state index in [1.165, 1.54) is 6.92 Å². The molecule has 33 heavy (non-hydrogen) atoms. The van der Waals surface area contributed by atoms with E-state index in [4.69, 9.17) is 9.47 Å². The van der Waals surface area contributed by atoms with Crippen LogP contribution in [0.4, 0.5) is 5.69 Å². The lowest BCUT2D eigenvalue weighted by molar-refractivity contribution is -0.125. The standard InChI is InChI=1S/C26H26N2O5/c1-16(29)27-23-14-20-6-4-3-5-19(20)13-22(23)26(31)33-15-24(30)28-25(17-7-8-17)18-9-11-21(32-2)12-10-18/h3-6,9-14,17,25H,7-8,15H2,1-2H3,(H,27,29)(H,28,30). The van der Waals surface area contributed by atoms with E-state index in [1.807, 2.05) is 48.5 Å².